The van der Waals surface area contributed by atoms with E-state index in [1.165, 1.54) is 0 Å². The molecule has 39 heavy (non-hydrogen) atoms. The molecule has 1 unspecified atom stereocenters. The van der Waals surface area contributed by atoms with E-state index in [-0.39, 0.29) is 11.5 Å². The second kappa shape index (κ2) is 13.4. The summed E-state index contributed by atoms with van der Waals surface area (Å²) in [6, 6.07) is 9.79. The number of halogens is 6. The molecule has 2 saturated heterocycles. The summed E-state index contributed by atoms with van der Waals surface area (Å²) in [6.07, 6.45) is -4.94. The highest BCUT2D eigenvalue weighted by atomic mass is 19.4. The van der Waals surface area contributed by atoms with Gasteiger partial charge in [-0.3, -0.25) is 0 Å². The van der Waals surface area contributed by atoms with Crippen molar-refractivity contribution in [2.75, 3.05) is 31.2 Å². The van der Waals surface area contributed by atoms with Crippen LogP contribution in [0.25, 0.3) is 0 Å². The van der Waals surface area contributed by atoms with Gasteiger partial charge in [0.05, 0.1) is 18.4 Å². The second-order valence-corrected chi connectivity index (χ2v) is 8.74. The molecule has 0 bridgehead atoms. The van der Waals surface area contributed by atoms with Gasteiger partial charge in [-0.1, -0.05) is 6.07 Å². The minimum atomic E-state index is -5.08. The maximum absolute atomic E-state index is 10.6. The predicted molar refractivity (Wildman–Crippen MR) is 122 cm³/mol. The fourth-order valence-corrected chi connectivity index (χ4v) is 3.73. The van der Waals surface area contributed by atoms with Gasteiger partial charge in [0.1, 0.15) is 6.61 Å². The summed E-state index contributed by atoms with van der Waals surface area (Å²) in [7, 11) is 0. The van der Waals surface area contributed by atoms with E-state index in [9.17, 15) is 26.3 Å². The molecule has 16 heteroatoms. The third-order valence-corrected chi connectivity index (χ3v) is 5.76. The molecule has 0 radical (unpaired) electrons. The van der Waals surface area contributed by atoms with Crippen LogP contribution in [0.5, 0.6) is 5.88 Å². The quantitative estimate of drug-likeness (QED) is 0.523. The monoisotopic (exact) mass is 568 g/mol. The van der Waals surface area contributed by atoms with Crippen molar-refractivity contribution < 1.29 is 55.6 Å². The molecule has 2 aromatic heterocycles. The summed E-state index contributed by atoms with van der Waals surface area (Å²) in [5.41, 5.74) is 1.24. The first-order chi connectivity index (χ1) is 18.1. The van der Waals surface area contributed by atoms with E-state index in [0.29, 0.717) is 12.5 Å². The molecule has 1 spiro atoms. The van der Waals surface area contributed by atoms with Crippen LogP contribution in [0.4, 0.5) is 32.2 Å². The Kier molecular flexibility index (Phi) is 10.8. The normalized spacial score (nSPS) is 18.3. The van der Waals surface area contributed by atoms with Crippen LogP contribution in [-0.2, 0) is 14.3 Å². The van der Waals surface area contributed by atoms with Gasteiger partial charge in [0.15, 0.2) is 5.82 Å². The number of carboxylic acid groups (broad SMARTS) is 2. The van der Waals surface area contributed by atoms with Crippen LogP contribution < -0.4 is 9.64 Å². The SMILES string of the molecule is Cc1ccc(N2CCC3(CC2)COC(COc2ccccn2)C3)nn1.O=C(O)C(F)(F)F.O=C(O)C(F)(F)F. The van der Waals surface area contributed by atoms with Crippen LogP contribution in [0.15, 0.2) is 36.5 Å². The Labute approximate surface area is 218 Å². The standard InChI is InChI=1S/C19H24N4O2.2C2HF3O2/c1-15-5-6-17(22-21-15)23-10-7-19(8-11-23)12-16(25-14-19)13-24-18-4-2-3-9-20-18;2*3-2(4,5)1(6)7/h2-6,9,16H,7-8,10-14H2,1H3;2*(H,6,7). The Morgan fingerprint density at radius 3 is 2.08 bits per heavy atom. The highest BCUT2D eigenvalue weighted by Gasteiger charge is 2.43. The topological polar surface area (TPSA) is 135 Å². The minimum Gasteiger partial charge on any atom is -0.475 e. The number of ether oxygens (including phenoxy) is 2. The average Bonchev–Trinajstić information content (AvgIpc) is 3.26. The number of aromatic nitrogens is 3. The number of alkyl halides is 6. The van der Waals surface area contributed by atoms with Gasteiger partial charge in [-0.05, 0) is 49.8 Å². The number of pyridine rings is 1. The van der Waals surface area contributed by atoms with E-state index in [1.54, 1.807) is 6.20 Å². The number of rotatable bonds is 4. The molecule has 0 aliphatic carbocycles. The lowest BCUT2D eigenvalue weighted by Crippen LogP contribution is -2.41. The molecule has 4 heterocycles. The van der Waals surface area contributed by atoms with Gasteiger partial charge in [-0.2, -0.15) is 31.4 Å². The molecule has 2 aliphatic heterocycles. The largest absolute Gasteiger partial charge is 0.490 e. The van der Waals surface area contributed by atoms with Gasteiger partial charge >= 0.3 is 24.3 Å². The zero-order valence-corrected chi connectivity index (χ0v) is 20.6. The van der Waals surface area contributed by atoms with Crippen molar-refractivity contribution in [2.24, 2.45) is 5.41 Å². The zero-order valence-electron chi connectivity index (χ0n) is 20.6. The Bertz CT molecular complexity index is 1040. The highest BCUT2D eigenvalue weighted by Crippen LogP contribution is 2.42. The number of carboxylic acids is 2. The number of carbonyl (C=O) groups is 2. The number of piperidine rings is 1. The van der Waals surface area contributed by atoms with Crippen LogP contribution in [-0.4, -0.2) is 82.1 Å². The first-order valence-corrected chi connectivity index (χ1v) is 11.4. The van der Waals surface area contributed by atoms with E-state index < -0.39 is 24.3 Å². The average molecular weight is 568 g/mol. The molecule has 0 saturated carbocycles. The lowest BCUT2D eigenvalue weighted by Gasteiger charge is -2.38. The van der Waals surface area contributed by atoms with E-state index >= 15 is 0 Å². The fraction of sp³-hybridized carbons (Fsp3) is 0.522. The van der Waals surface area contributed by atoms with Crippen molar-refractivity contribution in [3.63, 3.8) is 0 Å². The molecule has 1 atom stereocenters. The molecule has 2 fully saturated rings. The van der Waals surface area contributed by atoms with E-state index in [2.05, 4.69) is 26.1 Å². The van der Waals surface area contributed by atoms with Crippen LogP contribution in [0, 0.1) is 12.3 Å². The molecular formula is C23H26F6N4O6. The van der Waals surface area contributed by atoms with Crippen molar-refractivity contribution in [1.82, 2.24) is 15.2 Å². The number of hydrogen-bond acceptors (Lipinski definition) is 8. The third kappa shape index (κ3) is 10.5. The lowest BCUT2D eigenvalue weighted by molar-refractivity contribution is -0.193. The van der Waals surface area contributed by atoms with Crippen LogP contribution >= 0.6 is 0 Å². The van der Waals surface area contributed by atoms with Crippen LogP contribution in [0.2, 0.25) is 0 Å². The number of aryl methyl sites for hydroxylation is 1. The second-order valence-electron chi connectivity index (χ2n) is 8.74. The number of nitrogens with zero attached hydrogens (tertiary/aromatic N) is 4. The highest BCUT2D eigenvalue weighted by molar-refractivity contribution is 5.73. The Balaban J connectivity index is 0.000000317. The van der Waals surface area contributed by atoms with Crippen molar-refractivity contribution in [2.45, 2.75) is 44.6 Å². The summed E-state index contributed by atoms with van der Waals surface area (Å²) in [5, 5.41) is 22.7. The number of hydrogen-bond donors (Lipinski definition) is 2. The van der Waals surface area contributed by atoms with Gasteiger partial charge in [-0.15, -0.1) is 5.10 Å². The Morgan fingerprint density at radius 2 is 1.62 bits per heavy atom. The van der Waals surface area contributed by atoms with Crippen LogP contribution in [0.3, 0.4) is 0 Å². The summed E-state index contributed by atoms with van der Waals surface area (Å²) in [5.74, 6) is -3.87. The summed E-state index contributed by atoms with van der Waals surface area (Å²) in [4.78, 5) is 24.3. The molecular weight excluding hydrogens is 542 g/mol. The molecule has 4 rings (SSSR count). The Morgan fingerprint density at radius 1 is 1.03 bits per heavy atom. The van der Waals surface area contributed by atoms with Gasteiger partial charge in [0, 0.05) is 25.4 Å². The predicted octanol–water partition coefficient (Wildman–Crippen LogP) is 3.90. The van der Waals surface area contributed by atoms with Crippen molar-refractivity contribution in [3.05, 3.63) is 42.2 Å². The molecule has 216 valence electrons. The third-order valence-electron chi connectivity index (χ3n) is 5.76. The maximum atomic E-state index is 10.6. The van der Waals surface area contributed by atoms with Gasteiger partial charge in [0.2, 0.25) is 5.88 Å². The van der Waals surface area contributed by atoms with E-state index in [4.69, 9.17) is 29.3 Å². The fourth-order valence-electron chi connectivity index (χ4n) is 3.73. The van der Waals surface area contributed by atoms with Gasteiger partial charge in [-0.25, -0.2) is 14.6 Å². The molecule has 2 aromatic rings. The number of aliphatic carboxylic acids is 2. The van der Waals surface area contributed by atoms with Crippen molar-refractivity contribution in [1.29, 1.82) is 0 Å². The van der Waals surface area contributed by atoms with Crippen LogP contribution in [0.1, 0.15) is 25.0 Å². The summed E-state index contributed by atoms with van der Waals surface area (Å²) < 4.78 is 75.3. The molecule has 2 aliphatic rings. The molecule has 0 aromatic carbocycles. The molecule has 2 N–H and O–H groups in total. The molecule has 10 nitrogen and oxygen atoms in total. The smallest absolute Gasteiger partial charge is 0.475 e. The van der Waals surface area contributed by atoms with Gasteiger partial charge in [0.25, 0.3) is 0 Å². The first-order valence-electron chi connectivity index (χ1n) is 11.4. The summed E-state index contributed by atoms with van der Waals surface area (Å²) >= 11 is 0. The lowest BCUT2D eigenvalue weighted by atomic mass is 9.76. The Hall–Kier alpha value is -3.69. The van der Waals surface area contributed by atoms with Crippen molar-refractivity contribution in [3.8, 4) is 5.88 Å². The number of anilines is 1. The van der Waals surface area contributed by atoms with E-state index in [1.807, 2.05) is 31.2 Å². The maximum Gasteiger partial charge on any atom is 0.490 e. The van der Waals surface area contributed by atoms with Gasteiger partial charge < -0.3 is 24.6 Å². The first kappa shape index (κ1) is 31.5. The van der Waals surface area contributed by atoms with Crippen molar-refractivity contribution >= 4 is 17.8 Å². The summed E-state index contributed by atoms with van der Waals surface area (Å²) in [6.45, 7) is 5.39. The van der Waals surface area contributed by atoms with E-state index in [0.717, 1.165) is 50.5 Å². The minimum absolute atomic E-state index is 0.160. The zero-order chi connectivity index (χ0) is 29.3. The molecule has 0 amide bonds.